The van der Waals surface area contributed by atoms with Gasteiger partial charge in [-0.1, -0.05) is 50.6 Å². The van der Waals surface area contributed by atoms with Crippen molar-refractivity contribution in [2.75, 3.05) is 10.6 Å². The quantitative estimate of drug-likeness (QED) is 0.652. The summed E-state index contributed by atoms with van der Waals surface area (Å²) in [6, 6.07) is 10.6. The summed E-state index contributed by atoms with van der Waals surface area (Å²) in [6.07, 6.45) is 1.50. The Hall–Kier alpha value is -2.40. The molecule has 0 aliphatic carbocycles. The number of carbonyl (C=O) groups is 2. The molecule has 0 unspecified atom stereocenters. The fourth-order valence-electron chi connectivity index (χ4n) is 2.08. The Labute approximate surface area is 140 Å². The maximum absolute atomic E-state index is 12.1. The second-order valence-electron chi connectivity index (χ2n) is 6.05. The van der Waals surface area contributed by atoms with E-state index < -0.39 is 11.8 Å². The van der Waals surface area contributed by atoms with Crippen LogP contribution in [0.15, 0.2) is 42.6 Å². The molecule has 0 fully saturated rings. The number of hydrogen-bond acceptors (Lipinski definition) is 3. The van der Waals surface area contributed by atoms with Gasteiger partial charge in [0.1, 0.15) is 0 Å². The summed E-state index contributed by atoms with van der Waals surface area (Å²) in [4.78, 5) is 28.0. The highest BCUT2D eigenvalue weighted by atomic mass is 35.5. The number of halogens is 1. The lowest BCUT2D eigenvalue weighted by Crippen LogP contribution is -2.30. The van der Waals surface area contributed by atoms with Crippen LogP contribution in [0.5, 0.6) is 0 Å². The number of nitrogens with one attached hydrogen (secondary N) is 2. The lowest BCUT2D eigenvalue weighted by atomic mass is 9.86. The molecular formula is C17H18ClN3O2. The Morgan fingerprint density at radius 2 is 1.52 bits per heavy atom. The Kier molecular flexibility index (Phi) is 5.01. The van der Waals surface area contributed by atoms with Crippen molar-refractivity contribution in [1.29, 1.82) is 0 Å². The molecule has 0 aliphatic heterocycles. The van der Waals surface area contributed by atoms with Crippen molar-refractivity contribution in [3.05, 3.63) is 53.3 Å². The van der Waals surface area contributed by atoms with E-state index >= 15 is 0 Å². The van der Waals surface area contributed by atoms with Crippen LogP contribution in [-0.4, -0.2) is 16.8 Å². The maximum Gasteiger partial charge on any atom is 0.314 e. The molecule has 2 aromatic rings. The first-order valence-corrected chi connectivity index (χ1v) is 7.49. The molecule has 23 heavy (non-hydrogen) atoms. The van der Waals surface area contributed by atoms with Crippen molar-refractivity contribution in [3.8, 4) is 0 Å². The van der Waals surface area contributed by atoms with Crippen LogP contribution in [0.25, 0.3) is 0 Å². The van der Waals surface area contributed by atoms with E-state index in [4.69, 9.17) is 11.6 Å². The molecule has 2 amide bonds. The van der Waals surface area contributed by atoms with Gasteiger partial charge in [-0.2, -0.15) is 0 Å². The summed E-state index contributed by atoms with van der Waals surface area (Å²) in [7, 11) is 0. The average molecular weight is 332 g/mol. The van der Waals surface area contributed by atoms with E-state index in [0.29, 0.717) is 11.4 Å². The molecule has 0 aliphatic rings. The van der Waals surface area contributed by atoms with Crippen LogP contribution in [0.1, 0.15) is 26.3 Å². The molecule has 0 spiro atoms. The van der Waals surface area contributed by atoms with Crippen molar-refractivity contribution in [1.82, 2.24) is 4.98 Å². The highest BCUT2D eigenvalue weighted by Gasteiger charge is 2.21. The molecule has 0 atom stereocenters. The Morgan fingerprint density at radius 1 is 0.957 bits per heavy atom. The van der Waals surface area contributed by atoms with E-state index in [2.05, 4.69) is 15.6 Å². The third-order valence-electron chi connectivity index (χ3n) is 3.20. The molecule has 0 saturated carbocycles. The summed E-state index contributed by atoms with van der Waals surface area (Å²) < 4.78 is 0. The SMILES string of the molecule is CC(C)(C)c1ccccc1NC(=O)C(=O)Nc1cccnc1Cl. The van der Waals surface area contributed by atoms with Gasteiger partial charge in [-0.25, -0.2) is 4.98 Å². The van der Waals surface area contributed by atoms with Gasteiger partial charge in [-0.15, -0.1) is 0 Å². The van der Waals surface area contributed by atoms with Gasteiger partial charge in [0.25, 0.3) is 0 Å². The Bertz CT molecular complexity index is 739. The van der Waals surface area contributed by atoms with Crippen LogP contribution >= 0.6 is 11.6 Å². The number of para-hydroxylation sites is 1. The van der Waals surface area contributed by atoms with E-state index in [1.54, 1.807) is 24.3 Å². The number of carbonyl (C=O) groups excluding carboxylic acids is 2. The molecule has 0 saturated heterocycles. The normalized spacial score (nSPS) is 11.0. The van der Waals surface area contributed by atoms with Gasteiger partial charge >= 0.3 is 11.8 Å². The van der Waals surface area contributed by atoms with E-state index in [0.717, 1.165) is 5.56 Å². The predicted molar refractivity (Wildman–Crippen MR) is 91.6 cm³/mol. The second-order valence-corrected chi connectivity index (χ2v) is 6.40. The molecule has 1 aromatic heterocycles. The Morgan fingerprint density at radius 3 is 2.13 bits per heavy atom. The van der Waals surface area contributed by atoms with Crippen molar-refractivity contribution in [3.63, 3.8) is 0 Å². The number of hydrogen-bond donors (Lipinski definition) is 2. The second kappa shape index (κ2) is 6.79. The van der Waals surface area contributed by atoms with Crippen LogP contribution in [-0.2, 0) is 15.0 Å². The third kappa shape index (κ3) is 4.29. The highest BCUT2D eigenvalue weighted by molar-refractivity contribution is 6.44. The monoisotopic (exact) mass is 331 g/mol. The van der Waals surface area contributed by atoms with Gasteiger partial charge in [0.2, 0.25) is 0 Å². The lowest BCUT2D eigenvalue weighted by Gasteiger charge is -2.22. The number of anilines is 2. The van der Waals surface area contributed by atoms with Crippen LogP contribution in [0, 0.1) is 0 Å². The first-order chi connectivity index (χ1) is 10.8. The number of pyridine rings is 1. The molecular weight excluding hydrogens is 314 g/mol. The van der Waals surface area contributed by atoms with Crippen LogP contribution < -0.4 is 10.6 Å². The first-order valence-electron chi connectivity index (χ1n) is 7.11. The van der Waals surface area contributed by atoms with Crippen molar-refractivity contribution in [2.24, 2.45) is 0 Å². The van der Waals surface area contributed by atoms with Crippen LogP contribution in [0.4, 0.5) is 11.4 Å². The molecule has 1 heterocycles. The minimum atomic E-state index is -0.802. The van der Waals surface area contributed by atoms with E-state index in [1.165, 1.54) is 6.20 Å². The summed E-state index contributed by atoms with van der Waals surface area (Å²) >= 11 is 5.86. The highest BCUT2D eigenvalue weighted by Crippen LogP contribution is 2.29. The fraction of sp³-hybridized carbons (Fsp3) is 0.235. The molecule has 2 N–H and O–H groups in total. The van der Waals surface area contributed by atoms with Gasteiger partial charge in [-0.05, 0) is 29.2 Å². The lowest BCUT2D eigenvalue weighted by molar-refractivity contribution is -0.133. The minimum absolute atomic E-state index is 0.128. The average Bonchev–Trinajstić information content (AvgIpc) is 2.49. The van der Waals surface area contributed by atoms with Crippen molar-refractivity contribution in [2.45, 2.75) is 26.2 Å². The number of nitrogens with zero attached hydrogens (tertiary/aromatic N) is 1. The van der Waals surface area contributed by atoms with Gasteiger partial charge in [0.15, 0.2) is 5.15 Å². The smallest absolute Gasteiger partial charge is 0.314 e. The van der Waals surface area contributed by atoms with E-state index in [1.807, 2.05) is 32.9 Å². The topological polar surface area (TPSA) is 71.1 Å². The van der Waals surface area contributed by atoms with Crippen LogP contribution in [0.2, 0.25) is 5.15 Å². The molecule has 5 nitrogen and oxygen atoms in total. The van der Waals surface area contributed by atoms with Gasteiger partial charge in [0.05, 0.1) is 5.69 Å². The number of amides is 2. The molecule has 0 radical (unpaired) electrons. The zero-order valence-electron chi connectivity index (χ0n) is 13.2. The number of rotatable bonds is 2. The summed E-state index contributed by atoms with van der Waals surface area (Å²) in [6.45, 7) is 6.11. The summed E-state index contributed by atoms with van der Waals surface area (Å²) in [5.74, 6) is -1.56. The third-order valence-corrected chi connectivity index (χ3v) is 3.50. The van der Waals surface area contributed by atoms with Gasteiger partial charge in [-0.3, -0.25) is 9.59 Å². The minimum Gasteiger partial charge on any atom is -0.318 e. The largest absolute Gasteiger partial charge is 0.318 e. The number of benzene rings is 1. The van der Waals surface area contributed by atoms with E-state index in [-0.39, 0.29) is 10.6 Å². The molecule has 6 heteroatoms. The standard InChI is InChI=1S/C17H18ClN3O2/c1-17(2,3)11-7-4-5-8-12(11)20-15(22)16(23)21-13-9-6-10-19-14(13)18/h4-10H,1-3H3,(H,20,22)(H,21,23). The van der Waals surface area contributed by atoms with Crippen molar-refractivity contribution < 1.29 is 9.59 Å². The summed E-state index contributed by atoms with van der Waals surface area (Å²) in [5.41, 5.74) is 1.68. The number of aromatic nitrogens is 1. The maximum atomic E-state index is 12.1. The molecule has 120 valence electrons. The molecule has 2 rings (SSSR count). The zero-order chi connectivity index (χ0) is 17.0. The molecule has 0 bridgehead atoms. The fourth-order valence-corrected chi connectivity index (χ4v) is 2.25. The molecule has 1 aromatic carbocycles. The van der Waals surface area contributed by atoms with Crippen LogP contribution in [0.3, 0.4) is 0 Å². The van der Waals surface area contributed by atoms with Gasteiger partial charge < -0.3 is 10.6 Å². The summed E-state index contributed by atoms with van der Waals surface area (Å²) in [5, 5.41) is 5.21. The van der Waals surface area contributed by atoms with E-state index in [9.17, 15) is 9.59 Å². The first kappa shape index (κ1) is 17.0. The zero-order valence-corrected chi connectivity index (χ0v) is 13.9. The van der Waals surface area contributed by atoms with Gasteiger partial charge in [0, 0.05) is 11.9 Å². The van der Waals surface area contributed by atoms with Crippen molar-refractivity contribution >= 4 is 34.8 Å². The Balaban J connectivity index is 2.14. The predicted octanol–water partition coefficient (Wildman–Crippen LogP) is 3.61.